The Bertz CT molecular complexity index is 4380. The molecule has 344 valence electrons. The first-order chi connectivity index (χ1) is 36.0. The van der Waals surface area contributed by atoms with E-state index in [1.54, 1.807) is 0 Å². The topological polar surface area (TPSA) is 29.5 Å². The van der Waals surface area contributed by atoms with Crippen LogP contribution in [-0.4, -0.2) is 0 Å². The number of furan rings is 2. The van der Waals surface area contributed by atoms with E-state index in [9.17, 15) is 0 Å². The van der Waals surface area contributed by atoms with Crippen molar-refractivity contribution in [3.63, 3.8) is 0 Å². The van der Waals surface area contributed by atoms with Gasteiger partial charge in [0.2, 0.25) is 0 Å². The molecule has 1 atom stereocenters. The highest BCUT2D eigenvalue weighted by atomic mass is 16.3. The fourth-order valence-corrected chi connectivity index (χ4v) is 13.0. The molecule has 0 N–H and O–H groups in total. The van der Waals surface area contributed by atoms with Gasteiger partial charge >= 0.3 is 0 Å². The summed E-state index contributed by atoms with van der Waals surface area (Å²) in [5, 5.41) is 4.42. The molecule has 0 bridgehead atoms. The zero-order valence-corrected chi connectivity index (χ0v) is 40.4. The van der Waals surface area contributed by atoms with Crippen LogP contribution < -0.4 is 4.90 Å². The predicted octanol–water partition coefficient (Wildman–Crippen LogP) is 19.0. The van der Waals surface area contributed by atoms with Crippen molar-refractivity contribution < 1.29 is 8.83 Å². The quantitative estimate of drug-likeness (QED) is 0.159. The van der Waals surface area contributed by atoms with E-state index < -0.39 is 5.41 Å². The van der Waals surface area contributed by atoms with Gasteiger partial charge in [-0.25, -0.2) is 0 Å². The molecule has 73 heavy (non-hydrogen) atoms. The van der Waals surface area contributed by atoms with Gasteiger partial charge in [0.05, 0.1) is 16.8 Å². The van der Waals surface area contributed by atoms with Crippen LogP contribution >= 0.6 is 0 Å². The van der Waals surface area contributed by atoms with E-state index in [1.807, 2.05) is 12.1 Å². The molecule has 15 rings (SSSR count). The van der Waals surface area contributed by atoms with Crippen molar-refractivity contribution in [1.29, 1.82) is 0 Å². The van der Waals surface area contributed by atoms with Crippen LogP contribution in [0.1, 0.15) is 47.2 Å². The maximum absolute atomic E-state index is 6.83. The number of hydrogen-bond donors (Lipinski definition) is 0. The third-order valence-electron chi connectivity index (χ3n) is 16.2. The number of benzene rings is 11. The first kappa shape index (κ1) is 41.6. The Hall–Kier alpha value is -9.18. The second kappa shape index (κ2) is 15.7. The van der Waals surface area contributed by atoms with Crippen molar-refractivity contribution in [1.82, 2.24) is 0 Å². The first-order valence-corrected chi connectivity index (χ1v) is 25.3. The monoisotopic (exact) mass is 933 g/mol. The molecule has 0 saturated heterocycles. The zero-order chi connectivity index (χ0) is 48.4. The van der Waals surface area contributed by atoms with E-state index in [-0.39, 0.29) is 5.41 Å². The Morgan fingerprint density at radius 2 is 0.849 bits per heavy atom. The summed E-state index contributed by atoms with van der Waals surface area (Å²) in [7, 11) is 0. The van der Waals surface area contributed by atoms with Crippen molar-refractivity contribution in [2.24, 2.45) is 0 Å². The molecule has 0 saturated carbocycles. The minimum absolute atomic E-state index is 0.157. The summed E-state index contributed by atoms with van der Waals surface area (Å²) in [4.78, 5) is 2.52. The van der Waals surface area contributed by atoms with E-state index in [4.69, 9.17) is 8.83 Å². The highest BCUT2D eigenvalue weighted by Crippen LogP contribution is 2.59. The standard InChI is InChI=1S/C70H47NO2/c1-69(2)58-31-12-7-27-56(58)67-53(28-19-33-60(67)69)49-23-8-14-34-62(49)71(63-35-15-9-24-50(63)54-29-18-30-55-51-25-10-17-37-65(51)73-68(54)55)46-39-40-48-47-22-6-13-32-59(47)70(61(48)43-46,44-20-4-3-5-21-44)45-38-41-66-57(42-45)52-26-11-16-36-64(52)72-66/h3-43H,1-2H3. The minimum Gasteiger partial charge on any atom is -0.456 e. The van der Waals surface area contributed by atoms with Gasteiger partial charge in [-0.05, 0) is 110 Å². The second-order valence-corrected chi connectivity index (χ2v) is 20.2. The summed E-state index contributed by atoms with van der Waals surface area (Å²) in [5.74, 6) is 0. The summed E-state index contributed by atoms with van der Waals surface area (Å²) >= 11 is 0. The van der Waals surface area contributed by atoms with E-state index in [0.29, 0.717) is 0 Å². The molecular weight excluding hydrogens is 887 g/mol. The first-order valence-electron chi connectivity index (χ1n) is 25.3. The van der Waals surface area contributed by atoms with Gasteiger partial charge in [-0.1, -0.05) is 214 Å². The largest absolute Gasteiger partial charge is 0.456 e. The smallest absolute Gasteiger partial charge is 0.143 e. The lowest BCUT2D eigenvalue weighted by Crippen LogP contribution is -2.28. The molecule has 3 nitrogen and oxygen atoms in total. The fourth-order valence-electron chi connectivity index (χ4n) is 13.0. The van der Waals surface area contributed by atoms with Gasteiger partial charge < -0.3 is 13.7 Å². The minimum atomic E-state index is -0.685. The highest BCUT2D eigenvalue weighted by molar-refractivity contribution is 6.11. The molecule has 0 radical (unpaired) electrons. The van der Waals surface area contributed by atoms with Gasteiger partial charge in [-0.2, -0.15) is 0 Å². The summed E-state index contributed by atoms with van der Waals surface area (Å²) < 4.78 is 13.3. The molecule has 1 unspecified atom stereocenters. The van der Waals surface area contributed by atoms with Gasteiger partial charge in [0.1, 0.15) is 22.3 Å². The van der Waals surface area contributed by atoms with Crippen molar-refractivity contribution in [3.05, 3.63) is 282 Å². The summed E-state index contributed by atoms with van der Waals surface area (Å²) in [6, 6.07) is 91.3. The van der Waals surface area contributed by atoms with Gasteiger partial charge in [0.25, 0.3) is 0 Å². The third kappa shape index (κ3) is 5.88. The Balaban J connectivity index is 1.03. The average Bonchev–Trinajstić information content (AvgIpc) is 4.17. The zero-order valence-electron chi connectivity index (χ0n) is 40.4. The fraction of sp³-hybridized carbons (Fsp3) is 0.0571. The lowest BCUT2D eigenvalue weighted by atomic mass is 9.67. The summed E-state index contributed by atoms with van der Waals surface area (Å²) in [5.41, 5.74) is 22.9. The molecule has 2 aliphatic carbocycles. The van der Waals surface area contributed by atoms with Gasteiger partial charge in [0, 0.05) is 49.3 Å². The molecule has 2 aromatic heterocycles. The Labute approximate surface area is 423 Å². The molecule has 2 heterocycles. The van der Waals surface area contributed by atoms with Crippen molar-refractivity contribution in [2.75, 3.05) is 4.90 Å². The van der Waals surface area contributed by atoms with Crippen LogP contribution in [0.2, 0.25) is 0 Å². The van der Waals surface area contributed by atoms with Crippen LogP contribution in [0.25, 0.3) is 88.4 Å². The van der Waals surface area contributed by atoms with Crippen LogP contribution in [0, 0.1) is 0 Å². The molecular formula is C70H47NO2. The van der Waals surface area contributed by atoms with Crippen LogP contribution in [0.15, 0.2) is 258 Å². The van der Waals surface area contributed by atoms with Gasteiger partial charge in [-0.3, -0.25) is 0 Å². The van der Waals surface area contributed by atoms with Crippen LogP contribution in [-0.2, 0) is 10.8 Å². The average molecular weight is 934 g/mol. The molecule has 3 heteroatoms. The van der Waals surface area contributed by atoms with Crippen LogP contribution in [0.3, 0.4) is 0 Å². The maximum Gasteiger partial charge on any atom is 0.143 e. The van der Waals surface area contributed by atoms with E-state index in [1.165, 1.54) is 61.2 Å². The molecule has 2 aliphatic rings. The predicted molar refractivity (Wildman–Crippen MR) is 301 cm³/mol. The molecule has 0 amide bonds. The Kier molecular flexibility index (Phi) is 8.92. The van der Waals surface area contributed by atoms with Gasteiger partial charge in [-0.15, -0.1) is 0 Å². The van der Waals surface area contributed by atoms with Gasteiger partial charge in [0.15, 0.2) is 0 Å². The Morgan fingerprint density at radius 3 is 1.63 bits per heavy atom. The molecule has 13 aromatic rings. The SMILES string of the molecule is CC1(C)c2ccccc2-c2c(-c3ccccc3N(c3ccc4c(c3)C(c3ccccc3)(c3ccc5oc6ccccc6c5c3)c3ccccc3-4)c3ccccc3-c3cccc4c3oc3ccccc34)cccc21. The molecule has 0 aliphatic heterocycles. The number of rotatable bonds is 7. The summed E-state index contributed by atoms with van der Waals surface area (Å²) in [6.45, 7) is 4.73. The molecule has 0 spiro atoms. The van der Waals surface area contributed by atoms with Crippen molar-refractivity contribution in [3.8, 4) is 44.5 Å². The normalized spacial score (nSPS) is 15.2. The number of para-hydroxylation sites is 5. The maximum atomic E-state index is 6.83. The lowest BCUT2D eigenvalue weighted by molar-refractivity contribution is 0.660. The lowest BCUT2D eigenvalue weighted by Gasteiger charge is -2.35. The highest BCUT2D eigenvalue weighted by Gasteiger charge is 2.47. The second-order valence-electron chi connectivity index (χ2n) is 20.2. The third-order valence-corrected chi connectivity index (χ3v) is 16.2. The molecule has 0 fully saturated rings. The van der Waals surface area contributed by atoms with E-state index in [2.05, 4.69) is 255 Å². The van der Waals surface area contributed by atoms with E-state index >= 15 is 0 Å². The van der Waals surface area contributed by atoms with Crippen LogP contribution in [0.4, 0.5) is 17.1 Å². The van der Waals surface area contributed by atoms with E-state index in [0.717, 1.165) is 77.6 Å². The van der Waals surface area contributed by atoms with Crippen LogP contribution in [0.5, 0.6) is 0 Å². The summed E-state index contributed by atoms with van der Waals surface area (Å²) in [6.07, 6.45) is 0. The Morgan fingerprint density at radius 1 is 0.315 bits per heavy atom. The number of fused-ring (bicyclic) bond motifs is 12. The number of hydrogen-bond acceptors (Lipinski definition) is 3. The van der Waals surface area contributed by atoms with Crippen molar-refractivity contribution in [2.45, 2.75) is 24.7 Å². The molecule has 11 aromatic carbocycles. The van der Waals surface area contributed by atoms with Crippen molar-refractivity contribution >= 4 is 60.9 Å². The number of anilines is 3. The number of nitrogens with zero attached hydrogens (tertiary/aromatic N) is 1.